The van der Waals surface area contributed by atoms with Crippen molar-refractivity contribution >= 4 is 15.9 Å². The highest BCUT2D eigenvalue weighted by Gasteiger charge is 2.65. The molecule has 2 bridgehead atoms. The van der Waals surface area contributed by atoms with Crippen molar-refractivity contribution in [2.45, 2.75) is 59.3 Å². The van der Waals surface area contributed by atoms with Gasteiger partial charge in [0.1, 0.15) is 5.78 Å². The molecule has 2 fully saturated rings. The van der Waals surface area contributed by atoms with Gasteiger partial charge in [0, 0.05) is 6.42 Å². The summed E-state index contributed by atoms with van der Waals surface area (Å²) in [6, 6.07) is 18.3. The van der Waals surface area contributed by atoms with Gasteiger partial charge in [-0.05, 0) is 61.3 Å². The minimum absolute atomic E-state index is 0.00250. The summed E-state index contributed by atoms with van der Waals surface area (Å²) in [5.41, 5.74) is -0.166. The Balaban J connectivity index is 1.66. The molecule has 2 aromatic carbocycles. The molecule has 0 aliphatic heterocycles. The summed E-state index contributed by atoms with van der Waals surface area (Å²) in [4.78, 5) is 26.9. The van der Waals surface area contributed by atoms with Gasteiger partial charge in [0.2, 0.25) is 5.88 Å². The molecular formula is C29H34N2O5S. The molecule has 2 unspecified atom stereocenters. The van der Waals surface area contributed by atoms with Gasteiger partial charge in [-0.15, -0.1) is 0 Å². The molecule has 2 atom stereocenters. The van der Waals surface area contributed by atoms with Crippen LogP contribution in [0.25, 0.3) is 11.4 Å². The Hall–Kier alpha value is -3.13. The van der Waals surface area contributed by atoms with Gasteiger partial charge in [-0.25, -0.2) is 9.36 Å². The van der Waals surface area contributed by atoms with Crippen molar-refractivity contribution in [1.29, 1.82) is 0 Å². The zero-order chi connectivity index (χ0) is 26.4. The lowest BCUT2D eigenvalue weighted by molar-refractivity contribution is -0.128. The standard InChI is InChI=1S/C29H34N2O5S/c1-4-5-16-24-26(33)30(22-12-8-6-9-13-22)31(23-14-10-7-11-15-23)27(24)36-37(34,35)20-29-18-17-21(19-25(29)32)28(29,2)3/h6-15,21H,4-5,16-20H2,1-3H3. The van der Waals surface area contributed by atoms with Crippen molar-refractivity contribution in [3.8, 4) is 17.3 Å². The Labute approximate surface area is 218 Å². The number of aromatic nitrogens is 2. The Morgan fingerprint density at radius 3 is 2.05 bits per heavy atom. The fraction of sp³-hybridized carbons (Fsp3) is 0.448. The third kappa shape index (κ3) is 4.15. The molecule has 0 saturated heterocycles. The monoisotopic (exact) mass is 522 g/mol. The number of hydrogen-bond donors (Lipinski definition) is 0. The number of rotatable bonds is 9. The second-order valence-corrected chi connectivity index (χ2v) is 12.5. The van der Waals surface area contributed by atoms with Gasteiger partial charge in [0.25, 0.3) is 5.56 Å². The molecule has 1 heterocycles. The Morgan fingerprint density at radius 1 is 0.946 bits per heavy atom. The van der Waals surface area contributed by atoms with E-state index < -0.39 is 20.9 Å². The second kappa shape index (κ2) is 9.31. The molecule has 1 aromatic heterocycles. The maximum Gasteiger partial charge on any atom is 0.311 e. The van der Waals surface area contributed by atoms with E-state index in [4.69, 9.17) is 4.18 Å². The molecule has 37 heavy (non-hydrogen) atoms. The molecule has 8 heteroatoms. The van der Waals surface area contributed by atoms with Gasteiger partial charge in [-0.1, -0.05) is 63.6 Å². The van der Waals surface area contributed by atoms with Crippen molar-refractivity contribution in [2.75, 3.05) is 5.75 Å². The van der Waals surface area contributed by atoms with Crippen LogP contribution in [0.15, 0.2) is 65.5 Å². The number of carbonyl (C=O) groups excluding carboxylic acids is 1. The normalized spacial score (nSPS) is 22.5. The van der Waals surface area contributed by atoms with Gasteiger partial charge in [0.05, 0.1) is 28.1 Å². The van der Waals surface area contributed by atoms with Crippen molar-refractivity contribution < 1.29 is 17.4 Å². The van der Waals surface area contributed by atoms with E-state index in [0.29, 0.717) is 42.6 Å². The molecular weight excluding hydrogens is 488 g/mol. The lowest BCUT2D eigenvalue weighted by atomic mass is 9.70. The summed E-state index contributed by atoms with van der Waals surface area (Å²) in [6.07, 6.45) is 3.73. The molecule has 0 N–H and O–H groups in total. The largest absolute Gasteiger partial charge is 0.361 e. The third-order valence-corrected chi connectivity index (χ3v) is 9.91. The van der Waals surface area contributed by atoms with E-state index in [1.807, 2.05) is 69.3 Å². The summed E-state index contributed by atoms with van der Waals surface area (Å²) >= 11 is 0. The number of benzene rings is 2. The number of unbranched alkanes of at least 4 members (excludes halogenated alkanes) is 1. The van der Waals surface area contributed by atoms with E-state index in [2.05, 4.69) is 0 Å². The van der Waals surface area contributed by atoms with Crippen molar-refractivity contribution in [1.82, 2.24) is 9.36 Å². The molecule has 2 aliphatic rings. The van der Waals surface area contributed by atoms with Gasteiger partial charge >= 0.3 is 10.1 Å². The fourth-order valence-corrected chi connectivity index (χ4v) is 8.10. The van der Waals surface area contributed by atoms with E-state index >= 15 is 0 Å². The molecule has 2 aliphatic carbocycles. The van der Waals surface area contributed by atoms with Crippen LogP contribution in [0.4, 0.5) is 0 Å². The minimum Gasteiger partial charge on any atom is -0.361 e. The summed E-state index contributed by atoms with van der Waals surface area (Å²) in [5, 5.41) is 0. The smallest absolute Gasteiger partial charge is 0.311 e. The number of fused-ring (bicyclic) bond motifs is 2. The highest BCUT2D eigenvalue weighted by atomic mass is 32.2. The summed E-state index contributed by atoms with van der Waals surface area (Å²) in [7, 11) is -4.22. The van der Waals surface area contributed by atoms with Gasteiger partial charge < -0.3 is 4.18 Å². The number of carbonyl (C=O) groups is 1. The van der Waals surface area contributed by atoms with E-state index in [1.54, 1.807) is 16.8 Å². The van der Waals surface area contributed by atoms with Crippen molar-refractivity contribution in [2.24, 2.45) is 16.7 Å². The van der Waals surface area contributed by atoms with Crippen LogP contribution in [0.5, 0.6) is 5.88 Å². The molecule has 3 aromatic rings. The first-order valence-corrected chi connectivity index (χ1v) is 14.6. The second-order valence-electron chi connectivity index (χ2n) is 10.9. The van der Waals surface area contributed by atoms with Crippen molar-refractivity contribution in [3.05, 3.63) is 76.6 Å². The number of hydrogen-bond acceptors (Lipinski definition) is 5. The first-order chi connectivity index (χ1) is 17.6. The van der Waals surface area contributed by atoms with Crippen LogP contribution in [0.3, 0.4) is 0 Å². The zero-order valence-electron chi connectivity index (χ0n) is 21.6. The quantitative estimate of drug-likeness (QED) is 0.366. The summed E-state index contributed by atoms with van der Waals surface area (Å²) in [5.74, 6) is -0.177. The SMILES string of the molecule is CCCCc1c(OS(=O)(=O)CC23CCC(CC2=O)C3(C)C)n(-c2ccccc2)n(-c2ccccc2)c1=O. The average molecular weight is 523 g/mol. The van der Waals surface area contributed by atoms with Crippen LogP contribution >= 0.6 is 0 Å². The topological polar surface area (TPSA) is 87.4 Å². The van der Waals surface area contributed by atoms with Gasteiger partial charge in [-0.3, -0.25) is 9.59 Å². The van der Waals surface area contributed by atoms with Crippen LogP contribution in [0.2, 0.25) is 0 Å². The zero-order valence-corrected chi connectivity index (χ0v) is 22.5. The molecule has 7 nitrogen and oxygen atoms in total. The first kappa shape index (κ1) is 25.5. The number of nitrogens with zero attached hydrogens (tertiary/aromatic N) is 2. The van der Waals surface area contributed by atoms with Crippen molar-refractivity contribution in [3.63, 3.8) is 0 Å². The van der Waals surface area contributed by atoms with E-state index in [1.165, 1.54) is 4.68 Å². The minimum atomic E-state index is -4.22. The molecule has 0 spiro atoms. The Bertz CT molecular complexity index is 1470. The van der Waals surface area contributed by atoms with Crippen LogP contribution in [-0.2, 0) is 21.3 Å². The Kier molecular flexibility index (Phi) is 6.42. The lowest BCUT2D eigenvalue weighted by Gasteiger charge is -2.35. The number of Topliss-reactive ketones (excluding diaryl/α,β-unsaturated/α-hetero) is 1. The molecule has 5 rings (SSSR count). The Morgan fingerprint density at radius 2 is 1.54 bits per heavy atom. The molecule has 0 amide bonds. The third-order valence-electron chi connectivity index (χ3n) is 8.65. The molecule has 196 valence electrons. The average Bonchev–Trinajstić information content (AvgIpc) is 3.35. The first-order valence-electron chi connectivity index (χ1n) is 13.0. The molecule has 0 radical (unpaired) electrons. The van der Waals surface area contributed by atoms with Gasteiger partial charge in [0.15, 0.2) is 0 Å². The predicted molar refractivity (Wildman–Crippen MR) is 143 cm³/mol. The maximum absolute atomic E-state index is 13.8. The van der Waals surface area contributed by atoms with Crippen LogP contribution in [0.1, 0.15) is 58.4 Å². The highest BCUT2D eigenvalue weighted by Crippen LogP contribution is 2.64. The van der Waals surface area contributed by atoms with Gasteiger partial charge in [-0.2, -0.15) is 8.42 Å². The maximum atomic E-state index is 13.8. The number of ketones is 1. The van der Waals surface area contributed by atoms with Crippen LogP contribution < -0.4 is 9.74 Å². The van der Waals surface area contributed by atoms with E-state index in [9.17, 15) is 18.0 Å². The highest BCUT2D eigenvalue weighted by molar-refractivity contribution is 7.87. The number of para-hydroxylation sites is 2. The van der Waals surface area contributed by atoms with E-state index in [-0.39, 0.29) is 28.9 Å². The summed E-state index contributed by atoms with van der Waals surface area (Å²) < 4.78 is 36.4. The van der Waals surface area contributed by atoms with E-state index in [0.717, 1.165) is 12.8 Å². The fourth-order valence-electron chi connectivity index (χ4n) is 6.35. The molecule has 2 saturated carbocycles. The summed E-state index contributed by atoms with van der Waals surface area (Å²) in [6.45, 7) is 6.03. The lowest BCUT2D eigenvalue weighted by Crippen LogP contribution is -2.43. The predicted octanol–water partition coefficient (Wildman–Crippen LogP) is 5.07. The van der Waals surface area contributed by atoms with Crippen LogP contribution in [-0.4, -0.2) is 29.3 Å². The van der Waals surface area contributed by atoms with Crippen LogP contribution in [0, 0.1) is 16.7 Å².